The van der Waals surface area contributed by atoms with Crippen molar-refractivity contribution in [3.63, 3.8) is 0 Å². The minimum atomic E-state index is 0.150. The van der Waals surface area contributed by atoms with E-state index in [4.69, 9.17) is 10.5 Å². The highest BCUT2D eigenvalue weighted by Crippen LogP contribution is 2.39. The predicted octanol–water partition coefficient (Wildman–Crippen LogP) is 2.12. The molecule has 1 unspecified atom stereocenters. The summed E-state index contributed by atoms with van der Waals surface area (Å²) >= 11 is 1.83. The zero-order chi connectivity index (χ0) is 13.2. The molecule has 4 heteroatoms. The van der Waals surface area contributed by atoms with Crippen LogP contribution in [0.2, 0.25) is 0 Å². The van der Waals surface area contributed by atoms with Gasteiger partial charge >= 0.3 is 0 Å². The number of nitrogens with zero attached hydrogens (tertiary/aromatic N) is 1. The van der Waals surface area contributed by atoms with Crippen LogP contribution in [0.5, 0.6) is 0 Å². The lowest BCUT2D eigenvalue weighted by molar-refractivity contribution is -0.0895. The molecular weight excluding hydrogens is 244 g/mol. The standard InChI is InChI=1S/C14H24N2OS/c1-11(7-13-5-4-6-18-13)16(2)14(10-15)8-12(9-14)17-3/h4-6,11-12H,7-10,15H2,1-3H3. The average molecular weight is 268 g/mol. The van der Waals surface area contributed by atoms with Crippen molar-refractivity contribution >= 4 is 11.3 Å². The van der Waals surface area contributed by atoms with Crippen LogP contribution in [-0.2, 0) is 11.2 Å². The molecule has 1 fully saturated rings. The molecule has 0 saturated heterocycles. The van der Waals surface area contributed by atoms with Gasteiger partial charge in [0.25, 0.3) is 0 Å². The maximum absolute atomic E-state index is 6.00. The van der Waals surface area contributed by atoms with Gasteiger partial charge in [0.05, 0.1) is 6.10 Å². The van der Waals surface area contributed by atoms with Crippen LogP contribution in [0.15, 0.2) is 17.5 Å². The first-order valence-electron chi connectivity index (χ1n) is 6.59. The van der Waals surface area contributed by atoms with Crippen molar-refractivity contribution in [3.05, 3.63) is 22.4 Å². The van der Waals surface area contributed by atoms with Crippen LogP contribution in [0.3, 0.4) is 0 Å². The Balaban J connectivity index is 1.95. The molecule has 1 aromatic heterocycles. The van der Waals surface area contributed by atoms with Crippen LogP contribution in [0.25, 0.3) is 0 Å². The summed E-state index contributed by atoms with van der Waals surface area (Å²) in [7, 11) is 4.00. The van der Waals surface area contributed by atoms with E-state index in [9.17, 15) is 0 Å². The summed E-state index contributed by atoms with van der Waals surface area (Å²) in [5, 5.41) is 2.14. The molecule has 2 rings (SSSR count). The molecule has 1 aromatic rings. The number of rotatable bonds is 6. The topological polar surface area (TPSA) is 38.5 Å². The summed E-state index contributed by atoms with van der Waals surface area (Å²) < 4.78 is 5.40. The summed E-state index contributed by atoms with van der Waals surface area (Å²) in [4.78, 5) is 3.91. The van der Waals surface area contributed by atoms with Crippen LogP contribution in [-0.4, -0.2) is 43.3 Å². The maximum atomic E-state index is 6.00. The summed E-state index contributed by atoms with van der Waals surface area (Å²) in [5.41, 5.74) is 6.15. The zero-order valence-electron chi connectivity index (χ0n) is 11.6. The molecule has 1 heterocycles. The van der Waals surface area contributed by atoms with E-state index >= 15 is 0 Å². The van der Waals surface area contributed by atoms with Gasteiger partial charge in [-0.1, -0.05) is 6.07 Å². The monoisotopic (exact) mass is 268 g/mol. The number of ether oxygens (including phenoxy) is 1. The minimum absolute atomic E-state index is 0.150. The molecule has 0 bridgehead atoms. The Morgan fingerprint density at radius 2 is 2.33 bits per heavy atom. The molecule has 0 radical (unpaired) electrons. The molecule has 18 heavy (non-hydrogen) atoms. The summed E-state index contributed by atoms with van der Waals surface area (Å²) in [6.45, 7) is 3.01. The van der Waals surface area contributed by atoms with E-state index < -0.39 is 0 Å². The van der Waals surface area contributed by atoms with Gasteiger partial charge < -0.3 is 10.5 Å². The molecule has 0 aromatic carbocycles. The summed E-state index contributed by atoms with van der Waals surface area (Å²) in [5.74, 6) is 0. The molecule has 1 atom stereocenters. The van der Waals surface area contributed by atoms with Crippen LogP contribution < -0.4 is 5.73 Å². The predicted molar refractivity (Wildman–Crippen MR) is 77.1 cm³/mol. The van der Waals surface area contributed by atoms with Gasteiger partial charge in [0, 0.05) is 30.1 Å². The second-order valence-corrected chi connectivity index (χ2v) is 6.47. The van der Waals surface area contributed by atoms with E-state index in [1.165, 1.54) is 4.88 Å². The second kappa shape index (κ2) is 5.70. The van der Waals surface area contributed by atoms with Crippen molar-refractivity contribution in [1.82, 2.24) is 4.90 Å². The van der Waals surface area contributed by atoms with E-state index in [1.54, 1.807) is 7.11 Å². The van der Waals surface area contributed by atoms with Gasteiger partial charge in [0.15, 0.2) is 0 Å². The van der Waals surface area contributed by atoms with Crippen molar-refractivity contribution < 1.29 is 4.74 Å². The van der Waals surface area contributed by atoms with Gasteiger partial charge in [-0.25, -0.2) is 0 Å². The number of likely N-dealkylation sites (N-methyl/N-ethyl adjacent to an activating group) is 1. The highest BCUT2D eigenvalue weighted by Gasteiger charge is 2.47. The van der Waals surface area contributed by atoms with Gasteiger partial charge in [0.2, 0.25) is 0 Å². The van der Waals surface area contributed by atoms with Gasteiger partial charge in [-0.3, -0.25) is 4.90 Å². The Labute approximate surface area is 114 Å². The minimum Gasteiger partial charge on any atom is -0.381 e. The van der Waals surface area contributed by atoms with Gasteiger partial charge in [-0.2, -0.15) is 0 Å². The highest BCUT2D eigenvalue weighted by molar-refractivity contribution is 7.09. The first kappa shape index (κ1) is 14.0. The molecule has 1 aliphatic rings. The third-order valence-electron chi connectivity index (χ3n) is 4.41. The van der Waals surface area contributed by atoms with Crippen LogP contribution in [0, 0.1) is 0 Å². The fourth-order valence-electron chi connectivity index (χ4n) is 2.88. The fraction of sp³-hybridized carbons (Fsp3) is 0.714. The molecule has 0 aliphatic heterocycles. The van der Waals surface area contributed by atoms with E-state index in [0.29, 0.717) is 12.1 Å². The van der Waals surface area contributed by atoms with Crippen molar-refractivity contribution in [2.45, 2.75) is 43.9 Å². The number of hydrogen-bond donors (Lipinski definition) is 1. The van der Waals surface area contributed by atoms with Gasteiger partial charge in [0.1, 0.15) is 0 Å². The largest absolute Gasteiger partial charge is 0.381 e. The Bertz CT molecular complexity index is 360. The van der Waals surface area contributed by atoms with Gasteiger partial charge in [-0.05, 0) is 44.7 Å². The van der Waals surface area contributed by atoms with E-state index in [2.05, 4.69) is 36.4 Å². The molecule has 0 amide bonds. The Hall–Kier alpha value is -0.420. The van der Waals surface area contributed by atoms with Crippen molar-refractivity contribution in [3.8, 4) is 0 Å². The molecule has 1 aliphatic carbocycles. The molecule has 102 valence electrons. The zero-order valence-corrected chi connectivity index (χ0v) is 12.4. The smallest absolute Gasteiger partial charge is 0.0607 e. The van der Waals surface area contributed by atoms with Crippen molar-refractivity contribution in [2.75, 3.05) is 20.7 Å². The molecule has 1 saturated carbocycles. The van der Waals surface area contributed by atoms with Gasteiger partial charge in [-0.15, -0.1) is 11.3 Å². The summed E-state index contributed by atoms with van der Waals surface area (Å²) in [6.07, 6.45) is 3.62. The normalized spacial score (nSPS) is 29.3. The Morgan fingerprint density at radius 3 is 2.83 bits per heavy atom. The number of thiophene rings is 1. The lowest BCUT2D eigenvalue weighted by atomic mass is 9.72. The quantitative estimate of drug-likeness (QED) is 0.859. The van der Waals surface area contributed by atoms with E-state index in [-0.39, 0.29) is 5.54 Å². The molecule has 3 nitrogen and oxygen atoms in total. The molecular formula is C14H24N2OS. The fourth-order valence-corrected chi connectivity index (χ4v) is 3.70. The van der Waals surface area contributed by atoms with E-state index in [1.807, 2.05) is 11.3 Å². The molecule has 2 N–H and O–H groups in total. The lowest BCUT2D eigenvalue weighted by Gasteiger charge is -2.54. The number of hydrogen-bond acceptors (Lipinski definition) is 4. The second-order valence-electron chi connectivity index (χ2n) is 5.44. The molecule has 0 spiro atoms. The SMILES string of the molecule is COC1CC(CN)(N(C)C(C)Cc2cccs2)C1. The van der Waals surface area contributed by atoms with Crippen LogP contribution >= 0.6 is 11.3 Å². The Morgan fingerprint density at radius 1 is 1.61 bits per heavy atom. The lowest BCUT2D eigenvalue weighted by Crippen LogP contribution is -2.64. The van der Waals surface area contributed by atoms with E-state index in [0.717, 1.165) is 25.8 Å². The first-order valence-corrected chi connectivity index (χ1v) is 7.47. The van der Waals surface area contributed by atoms with Crippen molar-refractivity contribution in [1.29, 1.82) is 0 Å². The summed E-state index contributed by atoms with van der Waals surface area (Å²) in [6, 6.07) is 4.85. The third kappa shape index (κ3) is 2.62. The van der Waals surface area contributed by atoms with Crippen molar-refractivity contribution in [2.24, 2.45) is 5.73 Å². The Kier molecular flexibility index (Phi) is 4.43. The maximum Gasteiger partial charge on any atom is 0.0607 e. The van der Waals surface area contributed by atoms with Crippen LogP contribution in [0.1, 0.15) is 24.6 Å². The first-order chi connectivity index (χ1) is 8.61. The average Bonchev–Trinajstić information content (AvgIpc) is 2.81. The third-order valence-corrected chi connectivity index (χ3v) is 5.31. The number of nitrogens with two attached hydrogens (primary N) is 1. The van der Waals surface area contributed by atoms with Crippen LogP contribution in [0.4, 0.5) is 0 Å². The highest BCUT2D eigenvalue weighted by atomic mass is 32.1. The number of methoxy groups -OCH3 is 1.